The highest BCUT2D eigenvalue weighted by Gasteiger charge is 2.24. The fourth-order valence-corrected chi connectivity index (χ4v) is 3.03. The third-order valence-electron chi connectivity index (χ3n) is 4.17. The number of carbonyl (C=O) groups excluding carboxylic acids is 1. The topological polar surface area (TPSA) is 66.1 Å². The van der Waals surface area contributed by atoms with Crippen LogP contribution in [0.15, 0.2) is 41.2 Å². The van der Waals surface area contributed by atoms with E-state index < -0.39 is 12.0 Å². The zero-order valence-corrected chi connectivity index (χ0v) is 14.1. The lowest BCUT2D eigenvalue weighted by Gasteiger charge is -2.16. The van der Waals surface area contributed by atoms with Gasteiger partial charge in [-0.15, -0.1) is 0 Å². The molecule has 0 saturated heterocycles. The van der Waals surface area contributed by atoms with E-state index in [0.29, 0.717) is 5.65 Å². The van der Waals surface area contributed by atoms with Crippen molar-refractivity contribution >= 4 is 17.0 Å². The first-order valence-corrected chi connectivity index (χ1v) is 7.70. The molecule has 0 amide bonds. The molecule has 0 spiro atoms. The van der Waals surface area contributed by atoms with Gasteiger partial charge in [0.2, 0.25) is 0 Å². The van der Waals surface area contributed by atoms with Crippen molar-refractivity contribution in [1.82, 2.24) is 14.3 Å². The number of ether oxygens (including phenoxy) is 1. The summed E-state index contributed by atoms with van der Waals surface area (Å²) in [4.78, 5) is 24.7. The van der Waals surface area contributed by atoms with Crippen LogP contribution in [0.25, 0.3) is 16.7 Å². The van der Waals surface area contributed by atoms with Gasteiger partial charge in [-0.3, -0.25) is 9.36 Å². The van der Waals surface area contributed by atoms with Crippen LogP contribution in [-0.4, -0.2) is 27.4 Å². The van der Waals surface area contributed by atoms with Gasteiger partial charge in [0.15, 0.2) is 0 Å². The van der Waals surface area contributed by atoms with Crippen molar-refractivity contribution < 1.29 is 9.53 Å². The van der Waals surface area contributed by atoms with E-state index in [1.165, 1.54) is 17.7 Å². The highest BCUT2D eigenvalue weighted by atomic mass is 16.5. The molecular formula is C18H19N3O3. The zero-order chi connectivity index (χ0) is 17.4. The molecule has 0 unspecified atom stereocenters. The molecule has 0 radical (unpaired) electrons. The smallest absolute Gasteiger partial charge is 0.328 e. The van der Waals surface area contributed by atoms with Gasteiger partial charge in [0, 0.05) is 11.5 Å². The Morgan fingerprint density at radius 1 is 1.21 bits per heavy atom. The van der Waals surface area contributed by atoms with E-state index in [-0.39, 0.29) is 5.56 Å². The minimum absolute atomic E-state index is 0.255. The number of rotatable bonds is 3. The molecule has 0 fully saturated rings. The number of nitrogens with zero attached hydrogens (tertiary/aromatic N) is 3. The molecule has 3 aromatic rings. The summed E-state index contributed by atoms with van der Waals surface area (Å²) in [6, 6.07) is 10.3. The van der Waals surface area contributed by atoms with Gasteiger partial charge >= 0.3 is 5.97 Å². The van der Waals surface area contributed by atoms with E-state index in [1.807, 2.05) is 44.2 Å². The highest BCUT2D eigenvalue weighted by molar-refractivity contribution is 5.85. The van der Waals surface area contributed by atoms with Crippen molar-refractivity contribution in [2.45, 2.75) is 26.8 Å². The molecular weight excluding hydrogens is 306 g/mol. The van der Waals surface area contributed by atoms with Crippen molar-refractivity contribution in [2.24, 2.45) is 0 Å². The van der Waals surface area contributed by atoms with E-state index in [2.05, 4.69) is 5.10 Å². The highest BCUT2D eigenvalue weighted by Crippen LogP contribution is 2.25. The predicted octanol–water partition coefficient (Wildman–Crippen LogP) is 2.54. The molecule has 6 heteroatoms. The van der Waals surface area contributed by atoms with Gasteiger partial charge in [-0.25, -0.2) is 9.48 Å². The van der Waals surface area contributed by atoms with Crippen LogP contribution in [0.3, 0.4) is 0 Å². The Morgan fingerprint density at radius 3 is 2.50 bits per heavy atom. The van der Waals surface area contributed by atoms with E-state index in [1.54, 1.807) is 11.6 Å². The SMILES string of the molecule is COC(=O)[C@H](C)n1c(=O)cc(C)c2c(C)nn(-c3ccccc3)c21. The van der Waals surface area contributed by atoms with Crippen LogP contribution in [0.4, 0.5) is 0 Å². The summed E-state index contributed by atoms with van der Waals surface area (Å²) >= 11 is 0. The molecule has 24 heavy (non-hydrogen) atoms. The van der Waals surface area contributed by atoms with Crippen LogP contribution >= 0.6 is 0 Å². The number of hydrogen-bond donors (Lipinski definition) is 0. The first-order valence-electron chi connectivity index (χ1n) is 7.70. The van der Waals surface area contributed by atoms with Gasteiger partial charge in [0.25, 0.3) is 5.56 Å². The fourth-order valence-electron chi connectivity index (χ4n) is 3.03. The summed E-state index contributed by atoms with van der Waals surface area (Å²) in [6.45, 7) is 5.42. The second-order valence-corrected chi connectivity index (χ2v) is 5.77. The Kier molecular flexibility index (Phi) is 3.97. The number of aromatic nitrogens is 3. The second-order valence-electron chi connectivity index (χ2n) is 5.77. The van der Waals surface area contributed by atoms with Gasteiger partial charge in [0.1, 0.15) is 11.7 Å². The molecule has 2 aromatic heterocycles. The van der Waals surface area contributed by atoms with Crippen molar-refractivity contribution in [1.29, 1.82) is 0 Å². The maximum Gasteiger partial charge on any atom is 0.328 e. The quantitative estimate of drug-likeness (QED) is 0.694. The lowest BCUT2D eigenvalue weighted by Crippen LogP contribution is -2.30. The average molecular weight is 325 g/mol. The maximum absolute atomic E-state index is 12.6. The van der Waals surface area contributed by atoms with E-state index in [0.717, 1.165) is 22.3 Å². The Hall–Kier alpha value is -2.89. The van der Waals surface area contributed by atoms with Crippen LogP contribution in [0.2, 0.25) is 0 Å². The third-order valence-corrected chi connectivity index (χ3v) is 4.17. The number of carbonyl (C=O) groups is 1. The number of fused-ring (bicyclic) bond motifs is 1. The molecule has 3 rings (SSSR count). The van der Waals surface area contributed by atoms with E-state index in [4.69, 9.17) is 4.74 Å². The molecule has 0 aliphatic carbocycles. The van der Waals surface area contributed by atoms with Crippen LogP contribution in [-0.2, 0) is 9.53 Å². The largest absolute Gasteiger partial charge is 0.467 e. The average Bonchev–Trinajstić information content (AvgIpc) is 2.92. The Balaban J connectivity index is 2.44. The van der Waals surface area contributed by atoms with Gasteiger partial charge < -0.3 is 4.74 Å². The van der Waals surface area contributed by atoms with E-state index >= 15 is 0 Å². The standard InChI is InChI=1S/C18H19N3O3/c1-11-10-15(22)20(13(3)18(23)24-4)17-16(11)12(2)19-21(17)14-8-6-5-7-9-14/h5-10,13H,1-4H3/t13-/m0/s1. The van der Waals surface area contributed by atoms with Crippen molar-refractivity contribution in [3.8, 4) is 5.69 Å². The number of para-hydroxylation sites is 1. The van der Waals surface area contributed by atoms with Crippen LogP contribution in [0, 0.1) is 13.8 Å². The second kappa shape index (κ2) is 5.96. The fraction of sp³-hybridized carbons (Fsp3) is 0.278. The summed E-state index contributed by atoms with van der Waals surface area (Å²) in [6.07, 6.45) is 0. The zero-order valence-electron chi connectivity index (χ0n) is 14.1. The molecule has 0 aliphatic heterocycles. The van der Waals surface area contributed by atoms with Gasteiger partial charge in [-0.2, -0.15) is 5.10 Å². The van der Waals surface area contributed by atoms with Crippen molar-refractivity contribution in [3.63, 3.8) is 0 Å². The number of methoxy groups -OCH3 is 1. The molecule has 0 saturated carbocycles. The number of pyridine rings is 1. The first kappa shape index (κ1) is 16.0. The summed E-state index contributed by atoms with van der Waals surface area (Å²) < 4.78 is 7.98. The monoisotopic (exact) mass is 325 g/mol. The molecule has 1 aromatic carbocycles. The molecule has 2 heterocycles. The number of aryl methyl sites for hydroxylation is 2. The minimum atomic E-state index is -0.746. The summed E-state index contributed by atoms with van der Waals surface area (Å²) in [5, 5.41) is 5.46. The van der Waals surface area contributed by atoms with Gasteiger partial charge in [0.05, 0.1) is 18.5 Å². The maximum atomic E-state index is 12.6. The molecule has 1 atom stereocenters. The summed E-state index contributed by atoms with van der Waals surface area (Å²) in [5.74, 6) is -0.472. The van der Waals surface area contributed by atoms with Crippen molar-refractivity contribution in [3.05, 3.63) is 58.0 Å². The van der Waals surface area contributed by atoms with Crippen LogP contribution < -0.4 is 5.56 Å². The van der Waals surface area contributed by atoms with E-state index in [9.17, 15) is 9.59 Å². The third kappa shape index (κ3) is 2.40. The molecule has 124 valence electrons. The van der Waals surface area contributed by atoms with Crippen LogP contribution in [0.5, 0.6) is 0 Å². The van der Waals surface area contributed by atoms with Crippen molar-refractivity contribution in [2.75, 3.05) is 7.11 Å². The lowest BCUT2D eigenvalue weighted by atomic mass is 10.1. The van der Waals surface area contributed by atoms with Crippen LogP contribution in [0.1, 0.15) is 24.2 Å². The van der Waals surface area contributed by atoms with Gasteiger partial charge in [-0.05, 0) is 38.5 Å². The Labute approximate surface area is 139 Å². The minimum Gasteiger partial charge on any atom is -0.467 e. The Bertz CT molecular complexity index is 971. The molecule has 0 aliphatic rings. The van der Waals surface area contributed by atoms with Gasteiger partial charge in [-0.1, -0.05) is 18.2 Å². The first-order chi connectivity index (χ1) is 11.5. The molecule has 0 bridgehead atoms. The summed E-state index contributed by atoms with van der Waals surface area (Å²) in [5.41, 5.74) is 2.81. The summed E-state index contributed by atoms with van der Waals surface area (Å²) in [7, 11) is 1.31. The number of benzene rings is 1. The lowest BCUT2D eigenvalue weighted by molar-refractivity contribution is -0.144. The number of hydrogen-bond acceptors (Lipinski definition) is 4. The number of esters is 1. The molecule has 0 N–H and O–H groups in total. The predicted molar refractivity (Wildman–Crippen MR) is 91.5 cm³/mol. The Morgan fingerprint density at radius 2 is 1.88 bits per heavy atom. The molecule has 6 nitrogen and oxygen atoms in total. The normalized spacial score (nSPS) is 12.3.